The van der Waals surface area contributed by atoms with Crippen LogP contribution in [0.15, 0.2) is 35.7 Å². The minimum Gasteiger partial charge on any atom is -0.480 e. The van der Waals surface area contributed by atoms with Gasteiger partial charge in [-0.2, -0.15) is 0 Å². The highest BCUT2D eigenvalue weighted by molar-refractivity contribution is 7.09. The van der Waals surface area contributed by atoms with Crippen LogP contribution in [0.3, 0.4) is 0 Å². The predicted octanol–water partition coefficient (Wildman–Crippen LogP) is 3.28. The van der Waals surface area contributed by atoms with Gasteiger partial charge in [0.15, 0.2) is 0 Å². The van der Waals surface area contributed by atoms with Crippen molar-refractivity contribution in [2.45, 2.75) is 26.4 Å². The largest absolute Gasteiger partial charge is 0.480 e. The minimum atomic E-state index is -0.839. The lowest BCUT2D eigenvalue weighted by Crippen LogP contribution is -2.29. The molecule has 0 fully saturated rings. The van der Waals surface area contributed by atoms with E-state index in [0.29, 0.717) is 6.54 Å². The lowest BCUT2D eigenvalue weighted by Gasteiger charge is -2.19. The van der Waals surface area contributed by atoms with Gasteiger partial charge in [-0.3, -0.25) is 10.1 Å². The number of benzene rings is 1. The molecule has 0 amide bonds. The van der Waals surface area contributed by atoms with Gasteiger partial charge in [0.2, 0.25) is 0 Å². The molecule has 2 aromatic rings. The number of hydrogen-bond acceptors (Lipinski definition) is 3. The normalized spacial score (nSPS) is 12.3. The van der Waals surface area contributed by atoms with Crippen molar-refractivity contribution in [2.75, 3.05) is 0 Å². The maximum Gasteiger partial charge on any atom is 0.325 e. The first-order valence-corrected chi connectivity index (χ1v) is 7.02. The lowest BCUT2D eigenvalue weighted by atomic mass is 9.96. The number of rotatable bonds is 5. The summed E-state index contributed by atoms with van der Waals surface area (Å²) in [6.45, 7) is 4.47. The summed E-state index contributed by atoms with van der Waals surface area (Å²) >= 11 is 1.62. The summed E-state index contributed by atoms with van der Waals surface area (Å²) in [5.41, 5.74) is 2.88. The Bertz CT molecular complexity index is 543. The summed E-state index contributed by atoms with van der Waals surface area (Å²) in [6.07, 6.45) is 0. The molecule has 0 aliphatic heterocycles. The predicted molar refractivity (Wildman–Crippen MR) is 77.5 cm³/mol. The van der Waals surface area contributed by atoms with E-state index in [2.05, 4.69) is 5.32 Å². The molecule has 4 heteroatoms. The van der Waals surface area contributed by atoms with Gasteiger partial charge in [0, 0.05) is 11.4 Å². The smallest absolute Gasteiger partial charge is 0.325 e. The van der Waals surface area contributed by atoms with Crippen LogP contribution >= 0.6 is 11.3 Å². The Morgan fingerprint density at radius 3 is 2.47 bits per heavy atom. The van der Waals surface area contributed by atoms with Crippen LogP contribution in [-0.4, -0.2) is 11.1 Å². The van der Waals surface area contributed by atoms with E-state index in [1.807, 2.05) is 49.6 Å². The molecular formula is C15H17NO2S. The number of aryl methyl sites for hydroxylation is 2. The Morgan fingerprint density at radius 1 is 1.26 bits per heavy atom. The molecular weight excluding hydrogens is 258 g/mol. The summed E-state index contributed by atoms with van der Waals surface area (Å²) in [5.74, 6) is -0.839. The van der Waals surface area contributed by atoms with Crippen LogP contribution in [0.4, 0.5) is 0 Å². The number of carboxylic acids is 1. The van der Waals surface area contributed by atoms with E-state index in [0.717, 1.165) is 21.6 Å². The van der Waals surface area contributed by atoms with Gasteiger partial charge in [0.05, 0.1) is 0 Å². The van der Waals surface area contributed by atoms with Crippen LogP contribution in [0.25, 0.3) is 0 Å². The van der Waals surface area contributed by atoms with Gasteiger partial charge in [-0.15, -0.1) is 11.3 Å². The summed E-state index contributed by atoms with van der Waals surface area (Å²) in [6, 6.07) is 9.16. The van der Waals surface area contributed by atoms with Crippen molar-refractivity contribution in [3.63, 3.8) is 0 Å². The van der Waals surface area contributed by atoms with Gasteiger partial charge in [-0.25, -0.2) is 0 Å². The minimum absolute atomic E-state index is 0.572. The first-order chi connectivity index (χ1) is 9.09. The molecule has 0 saturated carbocycles. The van der Waals surface area contributed by atoms with Crippen LogP contribution in [0.2, 0.25) is 0 Å². The molecule has 100 valence electrons. The fourth-order valence-corrected chi connectivity index (χ4v) is 2.87. The van der Waals surface area contributed by atoms with Crippen molar-refractivity contribution in [3.05, 3.63) is 57.3 Å². The van der Waals surface area contributed by atoms with E-state index < -0.39 is 12.0 Å². The van der Waals surface area contributed by atoms with E-state index >= 15 is 0 Å². The lowest BCUT2D eigenvalue weighted by molar-refractivity contribution is -0.139. The molecule has 1 heterocycles. The number of thiophene rings is 1. The Labute approximate surface area is 116 Å². The van der Waals surface area contributed by atoms with Gasteiger partial charge < -0.3 is 5.11 Å². The molecule has 1 aromatic heterocycles. The third-order valence-corrected chi connectivity index (χ3v) is 4.01. The third kappa shape index (κ3) is 3.22. The third-order valence-electron chi connectivity index (χ3n) is 3.14. The quantitative estimate of drug-likeness (QED) is 0.880. The molecule has 1 unspecified atom stereocenters. The van der Waals surface area contributed by atoms with Crippen molar-refractivity contribution in [2.24, 2.45) is 0 Å². The average Bonchev–Trinajstić information content (AvgIpc) is 2.85. The van der Waals surface area contributed by atoms with E-state index in [-0.39, 0.29) is 0 Å². The van der Waals surface area contributed by atoms with Crippen molar-refractivity contribution in [1.82, 2.24) is 5.32 Å². The maximum atomic E-state index is 11.5. The van der Waals surface area contributed by atoms with E-state index in [1.165, 1.54) is 0 Å². The molecule has 2 N–H and O–H groups in total. The van der Waals surface area contributed by atoms with Crippen molar-refractivity contribution >= 4 is 17.3 Å². The molecule has 1 aromatic carbocycles. The second-order valence-electron chi connectivity index (χ2n) is 4.54. The molecule has 0 saturated heterocycles. The van der Waals surface area contributed by atoms with Crippen LogP contribution in [0, 0.1) is 13.8 Å². The van der Waals surface area contributed by atoms with Gasteiger partial charge in [0.1, 0.15) is 6.04 Å². The molecule has 0 radical (unpaired) electrons. The molecule has 0 aliphatic carbocycles. The molecule has 3 nitrogen and oxygen atoms in total. The zero-order chi connectivity index (χ0) is 13.8. The average molecular weight is 275 g/mol. The zero-order valence-corrected chi connectivity index (χ0v) is 11.8. The highest BCUT2D eigenvalue weighted by Crippen LogP contribution is 2.23. The molecule has 2 rings (SSSR count). The van der Waals surface area contributed by atoms with Crippen LogP contribution in [0.1, 0.15) is 27.6 Å². The number of carboxylic acid groups (broad SMARTS) is 1. The second-order valence-corrected chi connectivity index (χ2v) is 5.57. The van der Waals surface area contributed by atoms with Crippen molar-refractivity contribution < 1.29 is 9.90 Å². The van der Waals surface area contributed by atoms with Crippen LogP contribution < -0.4 is 5.32 Å². The summed E-state index contributed by atoms with van der Waals surface area (Å²) in [5, 5.41) is 14.6. The van der Waals surface area contributed by atoms with Crippen LogP contribution in [0.5, 0.6) is 0 Å². The Kier molecular flexibility index (Phi) is 4.35. The number of carbonyl (C=O) groups is 1. The monoisotopic (exact) mass is 275 g/mol. The van der Waals surface area contributed by atoms with E-state index in [1.54, 1.807) is 11.3 Å². The topological polar surface area (TPSA) is 49.3 Å². The van der Waals surface area contributed by atoms with Gasteiger partial charge >= 0.3 is 5.97 Å². The fourth-order valence-electron chi connectivity index (χ4n) is 2.21. The summed E-state index contributed by atoms with van der Waals surface area (Å²) < 4.78 is 0. The first kappa shape index (κ1) is 13.8. The standard InChI is InChI=1S/C15H17NO2S/c1-10-5-3-6-11(2)13(10)14(15(17)18)16-9-12-7-4-8-19-12/h3-8,14,16H,9H2,1-2H3,(H,17,18). The van der Waals surface area contributed by atoms with E-state index in [9.17, 15) is 9.90 Å². The zero-order valence-electron chi connectivity index (χ0n) is 11.0. The molecule has 0 spiro atoms. The molecule has 0 bridgehead atoms. The number of nitrogens with one attached hydrogen (secondary N) is 1. The highest BCUT2D eigenvalue weighted by atomic mass is 32.1. The van der Waals surface area contributed by atoms with Gasteiger partial charge in [-0.05, 0) is 42.0 Å². The Morgan fingerprint density at radius 2 is 1.95 bits per heavy atom. The molecule has 0 aliphatic rings. The summed E-state index contributed by atoms with van der Waals surface area (Å²) in [7, 11) is 0. The molecule has 1 atom stereocenters. The van der Waals surface area contributed by atoms with Crippen LogP contribution in [-0.2, 0) is 11.3 Å². The fraction of sp³-hybridized carbons (Fsp3) is 0.267. The SMILES string of the molecule is Cc1cccc(C)c1C(NCc1cccs1)C(=O)O. The maximum absolute atomic E-state index is 11.5. The second kappa shape index (κ2) is 5.99. The Balaban J connectivity index is 2.23. The van der Waals surface area contributed by atoms with Crippen molar-refractivity contribution in [3.8, 4) is 0 Å². The Hall–Kier alpha value is -1.65. The molecule has 19 heavy (non-hydrogen) atoms. The first-order valence-electron chi connectivity index (χ1n) is 6.14. The van der Waals surface area contributed by atoms with Gasteiger partial charge in [0.25, 0.3) is 0 Å². The number of aliphatic carboxylic acids is 1. The highest BCUT2D eigenvalue weighted by Gasteiger charge is 2.22. The van der Waals surface area contributed by atoms with E-state index in [4.69, 9.17) is 0 Å². The number of hydrogen-bond donors (Lipinski definition) is 2. The van der Waals surface area contributed by atoms with Gasteiger partial charge in [-0.1, -0.05) is 24.3 Å². The van der Waals surface area contributed by atoms with Crippen molar-refractivity contribution in [1.29, 1.82) is 0 Å². The summed E-state index contributed by atoms with van der Waals surface area (Å²) in [4.78, 5) is 12.6.